The lowest BCUT2D eigenvalue weighted by atomic mass is 9.89. The quantitative estimate of drug-likeness (QED) is 0.407. The Kier molecular flexibility index (Phi) is 6.84. The predicted octanol–water partition coefficient (Wildman–Crippen LogP) is 1.58. The van der Waals surface area contributed by atoms with Gasteiger partial charge < -0.3 is 14.4 Å². The molecule has 0 aromatic heterocycles. The summed E-state index contributed by atoms with van der Waals surface area (Å²) < 4.78 is 10.6. The van der Waals surface area contributed by atoms with Crippen molar-refractivity contribution in [2.24, 2.45) is 4.99 Å². The maximum absolute atomic E-state index is 13.4. The third kappa shape index (κ3) is 4.36. The molecule has 1 N–H and O–H groups in total. The van der Waals surface area contributed by atoms with Crippen LogP contribution >= 0.6 is 0 Å². The third-order valence-corrected chi connectivity index (χ3v) is 5.06. The van der Waals surface area contributed by atoms with Crippen LogP contribution in [0, 0.1) is 0 Å². The SMILES string of the molecule is COc1ccc(N2C(=O)c3ccccc3C(C=NCCC[NH+](C)C)C2=O)cc1OC. The fraction of sp³-hybridized carbons (Fsp3) is 0.348. The molecule has 3 rings (SSSR count). The molecular weight excluding hydrogens is 382 g/mol. The molecule has 2 aromatic carbocycles. The number of rotatable bonds is 8. The number of nitrogens with zero attached hydrogens (tertiary/aromatic N) is 2. The summed E-state index contributed by atoms with van der Waals surface area (Å²) in [7, 11) is 7.24. The van der Waals surface area contributed by atoms with Gasteiger partial charge in [-0.15, -0.1) is 0 Å². The maximum Gasteiger partial charge on any atom is 0.265 e. The van der Waals surface area contributed by atoms with E-state index in [0.717, 1.165) is 13.0 Å². The average Bonchev–Trinajstić information content (AvgIpc) is 2.75. The van der Waals surface area contributed by atoms with Gasteiger partial charge in [0.25, 0.3) is 5.91 Å². The van der Waals surface area contributed by atoms with Crippen molar-refractivity contribution >= 4 is 23.7 Å². The highest BCUT2D eigenvalue weighted by Crippen LogP contribution is 2.36. The van der Waals surface area contributed by atoms with Crippen LogP contribution in [0.25, 0.3) is 0 Å². The van der Waals surface area contributed by atoms with Crippen molar-refractivity contribution in [3.63, 3.8) is 0 Å². The summed E-state index contributed by atoms with van der Waals surface area (Å²) in [4.78, 5) is 33.6. The lowest BCUT2D eigenvalue weighted by molar-refractivity contribution is -0.858. The molecule has 0 bridgehead atoms. The molecule has 0 radical (unpaired) electrons. The van der Waals surface area contributed by atoms with Crippen molar-refractivity contribution in [3.8, 4) is 11.5 Å². The second-order valence-corrected chi connectivity index (χ2v) is 7.45. The fourth-order valence-corrected chi connectivity index (χ4v) is 3.51. The van der Waals surface area contributed by atoms with Crippen molar-refractivity contribution in [2.75, 3.05) is 46.3 Å². The van der Waals surface area contributed by atoms with Gasteiger partial charge in [-0.2, -0.15) is 0 Å². The zero-order valence-corrected chi connectivity index (χ0v) is 17.8. The molecule has 30 heavy (non-hydrogen) atoms. The van der Waals surface area contributed by atoms with Gasteiger partial charge in [-0.1, -0.05) is 18.2 Å². The Balaban J connectivity index is 1.95. The average molecular weight is 410 g/mol. The minimum Gasteiger partial charge on any atom is -0.493 e. The normalized spacial score (nSPS) is 16.3. The van der Waals surface area contributed by atoms with E-state index in [1.165, 1.54) is 24.0 Å². The number of hydrogen-bond donors (Lipinski definition) is 1. The molecule has 2 aromatic rings. The summed E-state index contributed by atoms with van der Waals surface area (Å²) in [5.41, 5.74) is 1.62. The third-order valence-electron chi connectivity index (χ3n) is 5.06. The number of aliphatic imine (C=N–C) groups is 1. The number of fused-ring (bicyclic) bond motifs is 1. The minimum absolute atomic E-state index is 0.326. The highest BCUT2D eigenvalue weighted by Gasteiger charge is 2.39. The van der Waals surface area contributed by atoms with E-state index < -0.39 is 5.92 Å². The summed E-state index contributed by atoms with van der Waals surface area (Å²) >= 11 is 0. The van der Waals surface area contributed by atoms with Gasteiger partial charge in [0.15, 0.2) is 11.5 Å². The largest absolute Gasteiger partial charge is 0.493 e. The molecule has 0 fully saturated rings. The minimum atomic E-state index is -0.612. The van der Waals surface area contributed by atoms with E-state index in [0.29, 0.717) is 34.9 Å². The summed E-state index contributed by atoms with van der Waals surface area (Å²) in [6.07, 6.45) is 2.60. The summed E-state index contributed by atoms with van der Waals surface area (Å²) in [5, 5.41) is 0. The molecule has 7 nitrogen and oxygen atoms in total. The first kappa shape index (κ1) is 21.5. The van der Waals surface area contributed by atoms with Crippen LogP contribution in [0.1, 0.15) is 28.3 Å². The Bertz CT molecular complexity index is 955. The Morgan fingerprint density at radius 2 is 1.80 bits per heavy atom. The molecular formula is C23H28N3O4+. The van der Waals surface area contributed by atoms with Crippen molar-refractivity contribution in [3.05, 3.63) is 53.6 Å². The Hall–Kier alpha value is -3.19. The van der Waals surface area contributed by atoms with Gasteiger partial charge in [-0.25, -0.2) is 4.90 Å². The van der Waals surface area contributed by atoms with Crippen LogP contribution in [0.15, 0.2) is 47.5 Å². The molecule has 2 amide bonds. The number of amides is 2. The number of ether oxygens (including phenoxy) is 2. The van der Waals surface area contributed by atoms with Gasteiger partial charge >= 0.3 is 0 Å². The molecule has 7 heteroatoms. The van der Waals surface area contributed by atoms with Crippen molar-refractivity contribution in [1.82, 2.24) is 0 Å². The van der Waals surface area contributed by atoms with E-state index in [1.54, 1.807) is 36.5 Å². The second kappa shape index (κ2) is 9.54. The first-order valence-electron chi connectivity index (χ1n) is 9.96. The van der Waals surface area contributed by atoms with Gasteiger partial charge in [0, 0.05) is 30.8 Å². The number of hydrogen-bond acceptors (Lipinski definition) is 5. The number of carbonyl (C=O) groups excluding carboxylic acids is 2. The lowest BCUT2D eigenvalue weighted by Gasteiger charge is -2.31. The van der Waals surface area contributed by atoms with E-state index in [9.17, 15) is 9.59 Å². The Morgan fingerprint density at radius 3 is 2.50 bits per heavy atom. The van der Waals surface area contributed by atoms with Crippen LogP contribution in [-0.2, 0) is 4.79 Å². The number of benzene rings is 2. The summed E-state index contributed by atoms with van der Waals surface area (Å²) in [6.45, 7) is 1.64. The van der Waals surface area contributed by atoms with Crippen LogP contribution in [-0.4, -0.2) is 59.4 Å². The number of imide groups is 1. The van der Waals surface area contributed by atoms with Crippen molar-refractivity contribution in [2.45, 2.75) is 12.3 Å². The fourth-order valence-electron chi connectivity index (χ4n) is 3.51. The number of quaternary nitrogens is 1. The van der Waals surface area contributed by atoms with Gasteiger partial charge in [-0.05, 0) is 23.8 Å². The van der Waals surface area contributed by atoms with E-state index in [1.807, 2.05) is 12.1 Å². The van der Waals surface area contributed by atoms with Crippen LogP contribution in [0.5, 0.6) is 11.5 Å². The molecule has 0 spiro atoms. The summed E-state index contributed by atoms with van der Waals surface area (Å²) in [5.74, 6) is -0.319. The molecule has 158 valence electrons. The molecule has 1 atom stereocenters. The zero-order chi connectivity index (χ0) is 21.7. The van der Waals surface area contributed by atoms with Gasteiger partial charge in [0.05, 0.1) is 46.5 Å². The van der Waals surface area contributed by atoms with Crippen LogP contribution in [0.3, 0.4) is 0 Å². The van der Waals surface area contributed by atoms with Crippen molar-refractivity contribution in [1.29, 1.82) is 0 Å². The number of nitrogens with one attached hydrogen (secondary N) is 1. The molecule has 1 aliphatic heterocycles. The smallest absolute Gasteiger partial charge is 0.265 e. The van der Waals surface area contributed by atoms with Crippen molar-refractivity contribution < 1.29 is 24.0 Å². The van der Waals surface area contributed by atoms with Crippen LogP contribution in [0.4, 0.5) is 5.69 Å². The molecule has 1 aliphatic rings. The first-order valence-corrected chi connectivity index (χ1v) is 9.96. The second-order valence-electron chi connectivity index (χ2n) is 7.45. The molecule has 0 aliphatic carbocycles. The molecule has 1 heterocycles. The molecule has 0 saturated heterocycles. The predicted molar refractivity (Wildman–Crippen MR) is 116 cm³/mol. The van der Waals surface area contributed by atoms with Gasteiger partial charge in [0.2, 0.25) is 5.91 Å². The molecule has 0 saturated carbocycles. The summed E-state index contributed by atoms with van der Waals surface area (Å²) in [6, 6.07) is 12.2. The van der Waals surface area contributed by atoms with E-state index in [2.05, 4.69) is 19.1 Å². The highest BCUT2D eigenvalue weighted by atomic mass is 16.5. The highest BCUT2D eigenvalue weighted by molar-refractivity contribution is 6.29. The van der Waals surface area contributed by atoms with Crippen LogP contribution in [0.2, 0.25) is 0 Å². The zero-order valence-electron chi connectivity index (χ0n) is 17.8. The lowest BCUT2D eigenvalue weighted by Crippen LogP contribution is -3.05. The standard InChI is InChI=1S/C23H27N3O4/c1-25(2)13-7-12-24-15-19-17-8-5-6-9-18(17)22(27)26(23(19)28)16-10-11-20(29-3)21(14-16)30-4/h5-6,8-11,14-15,19H,7,12-13H2,1-4H3/p+1. The van der Waals surface area contributed by atoms with E-state index in [-0.39, 0.29) is 11.8 Å². The number of methoxy groups -OCH3 is 2. The van der Waals surface area contributed by atoms with Gasteiger partial charge in [-0.3, -0.25) is 14.6 Å². The monoisotopic (exact) mass is 410 g/mol. The van der Waals surface area contributed by atoms with Gasteiger partial charge in [0.1, 0.15) is 0 Å². The van der Waals surface area contributed by atoms with E-state index in [4.69, 9.17) is 9.47 Å². The number of anilines is 1. The topological polar surface area (TPSA) is 72.6 Å². The Labute approximate surface area is 176 Å². The molecule has 1 unspecified atom stereocenters. The number of carbonyl (C=O) groups is 2. The van der Waals surface area contributed by atoms with Crippen LogP contribution < -0.4 is 19.3 Å². The van der Waals surface area contributed by atoms with E-state index >= 15 is 0 Å². The Morgan fingerprint density at radius 1 is 1.07 bits per heavy atom. The maximum atomic E-state index is 13.4. The first-order chi connectivity index (χ1) is 14.5.